The van der Waals surface area contributed by atoms with E-state index in [-0.39, 0.29) is 24.0 Å². The van der Waals surface area contributed by atoms with Crippen LogP contribution in [0.1, 0.15) is 30.3 Å². The number of methoxy groups -OCH3 is 1. The predicted molar refractivity (Wildman–Crippen MR) is 135 cm³/mol. The molecule has 2 N–H and O–H groups in total. The maximum atomic E-state index is 5.11. The second kappa shape index (κ2) is 14.4. The van der Waals surface area contributed by atoms with Gasteiger partial charge in [-0.1, -0.05) is 18.2 Å². The van der Waals surface area contributed by atoms with Crippen molar-refractivity contribution in [2.24, 2.45) is 4.99 Å². The van der Waals surface area contributed by atoms with E-state index in [1.54, 1.807) is 7.11 Å². The number of nitrogens with zero attached hydrogens (tertiary/aromatic N) is 4. The first-order valence-electron chi connectivity index (χ1n) is 10.4. The second-order valence-electron chi connectivity index (χ2n) is 7.24. The van der Waals surface area contributed by atoms with Gasteiger partial charge in [-0.15, -0.1) is 24.0 Å². The van der Waals surface area contributed by atoms with Crippen LogP contribution in [-0.4, -0.2) is 67.6 Å². The molecule has 0 saturated heterocycles. The largest absolute Gasteiger partial charge is 0.385 e. The van der Waals surface area contributed by atoms with E-state index in [0.29, 0.717) is 6.54 Å². The van der Waals surface area contributed by atoms with Gasteiger partial charge in [0.1, 0.15) is 0 Å². The number of rotatable bonds is 11. The van der Waals surface area contributed by atoms with E-state index in [0.717, 1.165) is 67.8 Å². The maximum Gasteiger partial charge on any atom is 0.191 e. The van der Waals surface area contributed by atoms with Crippen LogP contribution >= 0.6 is 24.0 Å². The molecule has 0 aliphatic carbocycles. The van der Waals surface area contributed by atoms with Gasteiger partial charge in [-0.3, -0.25) is 0 Å². The molecule has 0 amide bonds. The van der Waals surface area contributed by atoms with Gasteiger partial charge in [0, 0.05) is 45.6 Å². The standard InChI is InChI=1S/C22H36N6O.HI/c1-6-23-22(24-12-14-27(4)13-9-15-29-5)25-17-20-10-7-8-11-21(20)28-19(3)16-18(2)26-28;/h7-8,10-11,16H,6,9,12-15,17H2,1-5H3,(H2,23,24,25);1H. The number of benzene rings is 1. The van der Waals surface area contributed by atoms with Gasteiger partial charge < -0.3 is 20.3 Å². The number of hydrogen-bond acceptors (Lipinski definition) is 4. The molecule has 1 aromatic heterocycles. The monoisotopic (exact) mass is 528 g/mol. The number of likely N-dealkylation sites (N-methyl/N-ethyl adjacent to an activating group) is 1. The zero-order valence-corrected chi connectivity index (χ0v) is 21.3. The molecule has 2 aromatic rings. The minimum Gasteiger partial charge on any atom is -0.385 e. The van der Waals surface area contributed by atoms with Crippen LogP contribution in [0, 0.1) is 13.8 Å². The first kappa shape index (κ1) is 26.4. The molecular weight excluding hydrogens is 491 g/mol. The lowest BCUT2D eigenvalue weighted by Gasteiger charge is -2.18. The third-order valence-corrected chi connectivity index (χ3v) is 4.66. The summed E-state index contributed by atoms with van der Waals surface area (Å²) in [7, 11) is 3.87. The van der Waals surface area contributed by atoms with Crippen molar-refractivity contribution >= 4 is 29.9 Å². The molecule has 30 heavy (non-hydrogen) atoms. The average molecular weight is 528 g/mol. The Balaban J connectivity index is 0.00000450. The van der Waals surface area contributed by atoms with Gasteiger partial charge in [0.15, 0.2) is 5.96 Å². The fourth-order valence-corrected chi connectivity index (χ4v) is 3.19. The fraction of sp³-hybridized carbons (Fsp3) is 0.545. The van der Waals surface area contributed by atoms with Gasteiger partial charge in [0.25, 0.3) is 0 Å². The number of hydrogen-bond donors (Lipinski definition) is 2. The van der Waals surface area contributed by atoms with E-state index >= 15 is 0 Å². The summed E-state index contributed by atoms with van der Waals surface area (Å²) in [5.74, 6) is 0.834. The molecule has 0 unspecified atom stereocenters. The van der Waals surface area contributed by atoms with Gasteiger partial charge >= 0.3 is 0 Å². The number of ether oxygens (including phenoxy) is 1. The molecule has 0 saturated carbocycles. The van der Waals surface area contributed by atoms with Crippen LogP contribution in [0.25, 0.3) is 5.69 Å². The fourth-order valence-electron chi connectivity index (χ4n) is 3.19. The summed E-state index contributed by atoms with van der Waals surface area (Å²) >= 11 is 0. The molecule has 1 aromatic carbocycles. The van der Waals surface area contributed by atoms with Crippen molar-refractivity contribution in [2.75, 3.05) is 46.9 Å². The van der Waals surface area contributed by atoms with Crippen LogP contribution < -0.4 is 10.6 Å². The van der Waals surface area contributed by atoms with Crippen LogP contribution in [0.15, 0.2) is 35.3 Å². The van der Waals surface area contributed by atoms with Crippen molar-refractivity contribution in [3.8, 4) is 5.69 Å². The van der Waals surface area contributed by atoms with Crippen LogP contribution in [0.2, 0.25) is 0 Å². The number of aliphatic imine (C=N–C) groups is 1. The molecule has 7 nitrogen and oxygen atoms in total. The first-order valence-corrected chi connectivity index (χ1v) is 10.4. The molecule has 1 heterocycles. The topological polar surface area (TPSA) is 66.7 Å². The normalized spacial score (nSPS) is 11.5. The lowest BCUT2D eigenvalue weighted by molar-refractivity contribution is 0.180. The van der Waals surface area contributed by atoms with E-state index in [9.17, 15) is 0 Å². The molecule has 2 rings (SSSR count). The maximum absolute atomic E-state index is 5.11. The van der Waals surface area contributed by atoms with Crippen molar-refractivity contribution < 1.29 is 4.74 Å². The first-order chi connectivity index (χ1) is 14.0. The molecular formula is C22H37IN6O. The van der Waals surface area contributed by atoms with Crippen molar-refractivity contribution in [2.45, 2.75) is 33.7 Å². The molecule has 168 valence electrons. The summed E-state index contributed by atoms with van der Waals surface area (Å²) in [6.45, 7) is 11.2. The molecule has 8 heteroatoms. The highest BCUT2D eigenvalue weighted by molar-refractivity contribution is 14.0. The molecule has 0 spiro atoms. The molecule has 0 bridgehead atoms. The van der Waals surface area contributed by atoms with E-state index in [1.807, 2.05) is 17.7 Å². The number of aromatic nitrogens is 2. The molecule has 0 fully saturated rings. The summed E-state index contributed by atoms with van der Waals surface area (Å²) in [6.07, 6.45) is 1.05. The van der Waals surface area contributed by atoms with Crippen LogP contribution in [0.3, 0.4) is 0 Å². The summed E-state index contributed by atoms with van der Waals surface area (Å²) in [5.41, 5.74) is 4.37. The lowest BCUT2D eigenvalue weighted by atomic mass is 10.2. The van der Waals surface area contributed by atoms with Crippen molar-refractivity contribution in [3.05, 3.63) is 47.3 Å². The second-order valence-corrected chi connectivity index (χ2v) is 7.24. The molecule has 0 radical (unpaired) electrons. The Bertz CT molecular complexity index is 777. The Morgan fingerprint density at radius 3 is 2.63 bits per heavy atom. The number of aryl methyl sites for hydroxylation is 2. The zero-order chi connectivity index (χ0) is 21.1. The Hall–Kier alpha value is -1.65. The summed E-state index contributed by atoms with van der Waals surface area (Å²) in [4.78, 5) is 7.09. The number of guanidine groups is 1. The van der Waals surface area contributed by atoms with E-state index < -0.39 is 0 Å². The number of nitrogens with one attached hydrogen (secondary N) is 2. The van der Waals surface area contributed by atoms with E-state index in [1.165, 1.54) is 0 Å². The Morgan fingerprint density at radius 1 is 1.20 bits per heavy atom. The minimum absolute atomic E-state index is 0. The number of halogens is 1. The Kier molecular flexibility index (Phi) is 12.6. The van der Waals surface area contributed by atoms with Gasteiger partial charge in [0.05, 0.1) is 17.9 Å². The summed E-state index contributed by atoms with van der Waals surface area (Å²) < 4.78 is 7.11. The molecule has 0 atom stereocenters. The van der Waals surface area contributed by atoms with Crippen LogP contribution in [0.4, 0.5) is 0 Å². The Morgan fingerprint density at radius 2 is 1.97 bits per heavy atom. The lowest BCUT2D eigenvalue weighted by Crippen LogP contribution is -2.41. The number of para-hydroxylation sites is 1. The zero-order valence-electron chi connectivity index (χ0n) is 18.9. The van der Waals surface area contributed by atoms with Gasteiger partial charge in [-0.2, -0.15) is 5.10 Å². The van der Waals surface area contributed by atoms with Crippen molar-refractivity contribution in [3.63, 3.8) is 0 Å². The summed E-state index contributed by atoms with van der Waals surface area (Å²) in [6, 6.07) is 10.4. The minimum atomic E-state index is 0. The highest BCUT2D eigenvalue weighted by atomic mass is 127. The van der Waals surface area contributed by atoms with Gasteiger partial charge in [-0.25, -0.2) is 9.67 Å². The van der Waals surface area contributed by atoms with Crippen LogP contribution in [0.5, 0.6) is 0 Å². The third-order valence-electron chi connectivity index (χ3n) is 4.66. The van der Waals surface area contributed by atoms with E-state index in [2.05, 4.69) is 65.8 Å². The van der Waals surface area contributed by atoms with Gasteiger partial charge in [-0.05, 0) is 51.9 Å². The smallest absolute Gasteiger partial charge is 0.191 e. The van der Waals surface area contributed by atoms with Crippen LogP contribution in [-0.2, 0) is 11.3 Å². The van der Waals surface area contributed by atoms with Crippen molar-refractivity contribution in [1.29, 1.82) is 0 Å². The quantitative estimate of drug-likeness (QED) is 0.203. The molecule has 0 aliphatic heterocycles. The predicted octanol–water partition coefficient (Wildman–Crippen LogP) is 3.13. The Labute approximate surface area is 198 Å². The summed E-state index contributed by atoms with van der Waals surface area (Å²) in [5, 5.41) is 11.4. The van der Waals surface area contributed by atoms with E-state index in [4.69, 9.17) is 9.73 Å². The average Bonchev–Trinajstić information content (AvgIpc) is 3.04. The third kappa shape index (κ3) is 8.61. The SMILES string of the molecule is CCNC(=NCc1ccccc1-n1nc(C)cc1C)NCCN(C)CCCOC.I. The molecule has 0 aliphatic rings. The highest BCUT2D eigenvalue weighted by Gasteiger charge is 2.09. The van der Waals surface area contributed by atoms with Gasteiger partial charge in [0.2, 0.25) is 0 Å². The highest BCUT2D eigenvalue weighted by Crippen LogP contribution is 2.17. The van der Waals surface area contributed by atoms with Crippen molar-refractivity contribution in [1.82, 2.24) is 25.3 Å².